The van der Waals surface area contributed by atoms with Crippen LogP contribution in [0.25, 0.3) is 0 Å². The molecule has 1 aromatic carbocycles. The van der Waals surface area contributed by atoms with Crippen LogP contribution in [-0.4, -0.2) is 25.2 Å². The van der Waals surface area contributed by atoms with E-state index in [9.17, 15) is 0 Å². The van der Waals surface area contributed by atoms with Crippen molar-refractivity contribution < 1.29 is 0 Å². The lowest BCUT2D eigenvalue weighted by molar-refractivity contribution is 0.285. The van der Waals surface area contributed by atoms with Gasteiger partial charge in [-0.3, -0.25) is 0 Å². The van der Waals surface area contributed by atoms with Gasteiger partial charge >= 0.3 is 0 Å². The molecule has 0 bridgehead atoms. The third-order valence-corrected chi connectivity index (χ3v) is 5.29. The van der Waals surface area contributed by atoms with Crippen LogP contribution in [0, 0.1) is 5.92 Å². The first-order chi connectivity index (χ1) is 8.58. The Bertz CT molecular complexity index is 459. The fraction of sp³-hybridized carbons (Fsp3) is 0.571. The highest BCUT2D eigenvalue weighted by molar-refractivity contribution is 9.11. The topological polar surface area (TPSA) is 15.3 Å². The van der Waals surface area contributed by atoms with E-state index in [-0.39, 0.29) is 0 Å². The second kappa shape index (κ2) is 4.80. The molecule has 0 radical (unpaired) electrons. The molecule has 1 atom stereocenters. The molecule has 0 spiro atoms. The molecule has 1 heterocycles. The van der Waals surface area contributed by atoms with Crippen LogP contribution in [0.3, 0.4) is 0 Å². The van der Waals surface area contributed by atoms with Crippen LogP contribution in [0.1, 0.15) is 19.8 Å². The van der Waals surface area contributed by atoms with Crippen molar-refractivity contribution in [2.24, 2.45) is 5.92 Å². The third-order valence-electron chi connectivity index (χ3n) is 4.16. The molecule has 2 fully saturated rings. The van der Waals surface area contributed by atoms with E-state index in [0.717, 1.165) is 30.0 Å². The standard InChI is InChI=1S/C14H18Br2N2/c1-14(10-2-3-10)9-18(7-6-17-14)13-5-4-11(15)8-12(13)16/h4-5,8,10,17H,2-3,6-7,9H2,1H3. The maximum Gasteiger partial charge on any atom is 0.0512 e. The van der Waals surface area contributed by atoms with Gasteiger partial charge in [0.1, 0.15) is 0 Å². The summed E-state index contributed by atoms with van der Waals surface area (Å²) in [7, 11) is 0. The maximum atomic E-state index is 3.72. The van der Waals surface area contributed by atoms with Crippen LogP contribution < -0.4 is 10.2 Å². The summed E-state index contributed by atoms with van der Waals surface area (Å²) < 4.78 is 2.30. The minimum Gasteiger partial charge on any atom is -0.367 e. The van der Waals surface area contributed by atoms with Gasteiger partial charge in [-0.05, 0) is 59.8 Å². The Balaban J connectivity index is 1.83. The van der Waals surface area contributed by atoms with Gasteiger partial charge < -0.3 is 10.2 Å². The smallest absolute Gasteiger partial charge is 0.0512 e. The Kier molecular flexibility index (Phi) is 3.45. The van der Waals surface area contributed by atoms with Crippen molar-refractivity contribution in [3.05, 3.63) is 27.1 Å². The van der Waals surface area contributed by atoms with Crippen LogP contribution >= 0.6 is 31.9 Å². The van der Waals surface area contributed by atoms with Crippen LogP contribution in [0.15, 0.2) is 27.1 Å². The van der Waals surface area contributed by atoms with Crippen molar-refractivity contribution in [2.75, 3.05) is 24.5 Å². The van der Waals surface area contributed by atoms with Gasteiger partial charge in [-0.15, -0.1) is 0 Å². The van der Waals surface area contributed by atoms with E-state index in [0.29, 0.717) is 5.54 Å². The Morgan fingerprint density at radius 3 is 2.78 bits per heavy atom. The molecular formula is C14H18Br2N2. The quantitative estimate of drug-likeness (QED) is 0.848. The van der Waals surface area contributed by atoms with Gasteiger partial charge in [0.15, 0.2) is 0 Å². The first kappa shape index (κ1) is 12.9. The molecule has 1 aliphatic carbocycles. The summed E-state index contributed by atoms with van der Waals surface area (Å²) in [5.74, 6) is 0.870. The molecule has 0 amide bonds. The predicted molar refractivity (Wildman–Crippen MR) is 83.2 cm³/mol. The zero-order chi connectivity index (χ0) is 12.8. The van der Waals surface area contributed by atoms with E-state index in [2.05, 4.69) is 67.2 Å². The molecule has 1 saturated heterocycles. The zero-order valence-corrected chi connectivity index (χ0v) is 13.7. The van der Waals surface area contributed by atoms with Crippen molar-refractivity contribution in [2.45, 2.75) is 25.3 Å². The Morgan fingerprint density at radius 1 is 1.33 bits per heavy atom. The van der Waals surface area contributed by atoms with E-state index >= 15 is 0 Å². The SMILES string of the molecule is CC1(C2CC2)CN(c2ccc(Br)cc2Br)CCN1. The third kappa shape index (κ3) is 2.47. The van der Waals surface area contributed by atoms with Gasteiger partial charge in [0, 0.05) is 34.1 Å². The largest absolute Gasteiger partial charge is 0.367 e. The molecule has 2 aliphatic rings. The summed E-state index contributed by atoms with van der Waals surface area (Å²) in [5, 5.41) is 3.72. The normalized spacial score (nSPS) is 28.5. The minimum atomic E-state index is 0.296. The zero-order valence-electron chi connectivity index (χ0n) is 10.5. The molecule has 1 N–H and O–H groups in total. The van der Waals surface area contributed by atoms with E-state index in [1.54, 1.807) is 0 Å². The molecule has 18 heavy (non-hydrogen) atoms. The monoisotopic (exact) mass is 372 g/mol. The Labute approximate surface area is 125 Å². The van der Waals surface area contributed by atoms with E-state index in [1.165, 1.54) is 23.0 Å². The lowest BCUT2D eigenvalue weighted by Gasteiger charge is -2.43. The van der Waals surface area contributed by atoms with Crippen LogP contribution in [0.2, 0.25) is 0 Å². The number of hydrogen-bond donors (Lipinski definition) is 1. The predicted octanol–water partition coefficient (Wildman–Crippen LogP) is 3.79. The summed E-state index contributed by atoms with van der Waals surface area (Å²) in [6, 6.07) is 6.45. The Hall–Kier alpha value is -0.0600. The molecule has 98 valence electrons. The number of rotatable bonds is 2. The van der Waals surface area contributed by atoms with Gasteiger partial charge in [0.2, 0.25) is 0 Å². The second-order valence-electron chi connectivity index (χ2n) is 5.64. The molecule has 2 nitrogen and oxygen atoms in total. The average molecular weight is 374 g/mol. The molecule has 1 aliphatic heterocycles. The summed E-state index contributed by atoms with van der Waals surface area (Å²) in [4.78, 5) is 2.51. The number of piperazine rings is 1. The van der Waals surface area contributed by atoms with Crippen LogP contribution in [0.4, 0.5) is 5.69 Å². The number of hydrogen-bond acceptors (Lipinski definition) is 2. The molecule has 1 saturated carbocycles. The fourth-order valence-corrected chi connectivity index (χ4v) is 4.24. The van der Waals surface area contributed by atoms with Crippen LogP contribution in [0.5, 0.6) is 0 Å². The van der Waals surface area contributed by atoms with Crippen molar-refractivity contribution in [1.29, 1.82) is 0 Å². The summed E-state index contributed by atoms with van der Waals surface area (Å²) in [5.41, 5.74) is 1.61. The van der Waals surface area contributed by atoms with Crippen molar-refractivity contribution in [1.82, 2.24) is 5.32 Å². The van der Waals surface area contributed by atoms with Gasteiger partial charge in [-0.1, -0.05) is 15.9 Å². The van der Waals surface area contributed by atoms with Gasteiger partial charge in [0.05, 0.1) is 5.69 Å². The van der Waals surface area contributed by atoms with Gasteiger partial charge in [-0.25, -0.2) is 0 Å². The number of halogens is 2. The number of benzene rings is 1. The average Bonchev–Trinajstić information content (AvgIpc) is 3.12. The number of nitrogens with one attached hydrogen (secondary N) is 1. The number of anilines is 1. The maximum absolute atomic E-state index is 3.72. The van der Waals surface area contributed by atoms with E-state index < -0.39 is 0 Å². The molecule has 4 heteroatoms. The lowest BCUT2D eigenvalue weighted by atomic mass is 9.92. The molecule has 0 aromatic heterocycles. The van der Waals surface area contributed by atoms with Crippen molar-refractivity contribution >= 4 is 37.5 Å². The first-order valence-electron chi connectivity index (χ1n) is 6.53. The van der Waals surface area contributed by atoms with Gasteiger partial charge in [0.25, 0.3) is 0 Å². The second-order valence-corrected chi connectivity index (χ2v) is 7.41. The van der Waals surface area contributed by atoms with Crippen LogP contribution in [-0.2, 0) is 0 Å². The van der Waals surface area contributed by atoms with Gasteiger partial charge in [-0.2, -0.15) is 0 Å². The van der Waals surface area contributed by atoms with E-state index in [4.69, 9.17) is 0 Å². The first-order valence-corrected chi connectivity index (χ1v) is 8.12. The van der Waals surface area contributed by atoms with Crippen molar-refractivity contribution in [3.8, 4) is 0 Å². The summed E-state index contributed by atoms with van der Waals surface area (Å²) in [6.45, 7) is 5.65. The highest BCUT2D eigenvalue weighted by atomic mass is 79.9. The minimum absolute atomic E-state index is 0.296. The molecule has 1 aromatic rings. The summed E-state index contributed by atoms with van der Waals surface area (Å²) in [6.07, 6.45) is 2.78. The molecule has 3 rings (SSSR count). The van der Waals surface area contributed by atoms with E-state index in [1.807, 2.05) is 0 Å². The molecule has 1 unspecified atom stereocenters. The number of nitrogens with zero attached hydrogens (tertiary/aromatic N) is 1. The Morgan fingerprint density at radius 2 is 2.11 bits per heavy atom. The lowest BCUT2D eigenvalue weighted by Crippen LogP contribution is -2.60. The highest BCUT2D eigenvalue weighted by Crippen LogP contribution is 2.42. The highest BCUT2D eigenvalue weighted by Gasteiger charge is 2.44. The summed E-state index contributed by atoms with van der Waals surface area (Å²) >= 11 is 7.20. The van der Waals surface area contributed by atoms with Crippen molar-refractivity contribution in [3.63, 3.8) is 0 Å². The molecular weight excluding hydrogens is 356 g/mol. The fourth-order valence-electron chi connectivity index (χ4n) is 2.95.